The molecule has 0 aliphatic heterocycles. The van der Waals surface area contributed by atoms with Gasteiger partial charge in [0.25, 0.3) is 0 Å². The molecular formula is C14H16ClN3O3. The molecule has 0 fully saturated rings. The van der Waals surface area contributed by atoms with Crippen LogP contribution in [0.5, 0.6) is 5.75 Å². The Morgan fingerprint density at radius 1 is 1.48 bits per heavy atom. The van der Waals surface area contributed by atoms with Crippen LogP contribution in [-0.2, 0) is 13.2 Å². The quantitative estimate of drug-likeness (QED) is 0.887. The zero-order valence-electron chi connectivity index (χ0n) is 11.8. The van der Waals surface area contributed by atoms with Gasteiger partial charge in [-0.15, -0.1) is 0 Å². The lowest BCUT2D eigenvalue weighted by molar-refractivity contribution is 0.0691. The maximum absolute atomic E-state index is 11.2. The molecule has 0 aliphatic carbocycles. The summed E-state index contributed by atoms with van der Waals surface area (Å²) in [5, 5.41) is 13.7. The summed E-state index contributed by atoms with van der Waals surface area (Å²) in [6, 6.07) is 4.41. The SMILES string of the molecule is CC(C)Cn1ncnc1COc1cc(Cl)ccc1C(=O)O. The fourth-order valence-electron chi connectivity index (χ4n) is 1.83. The van der Waals surface area contributed by atoms with Crippen LogP contribution in [0.2, 0.25) is 5.02 Å². The number of nitrogens with zero attached hydrogens (tertiary/aromatic N) is 3. The fraction of sp³-hybridized carbons (Fsp3) is 0.357. The van der Waals surface area contributed by atoms with Gasteiger partial charge in [0, 0.05) is 11.6 Å². The molecule has 21 heavy (non-hydrogen) atoms. The maximum atomic E-state index is 11.2. The van der Waals surface area contributed by atoms with Crippen molar-refractivity contribution < 1.29 is 14.6 Å². The monoisotopic (exact) mass is 309 g/mol. The first-order valence-corrected chi connectivity index (χ1v) is 6.87. The summed E-state index contributed by atoms with van der Waals surface area (Å²) < 4.78 is 7.30. The Morgan fingerprint density at radius 2 is 2.24 bits per heavy atom. The third-order valence-corrected chi connectivity index (χ3v) is 3.00. The molecule has 1 N–H and O–H groups in total. The normalized spacial score (nSPS) is 10.9. The molecule has 0 spiro atoms. The summed E-state index contributed by atoms with van der Waals surface area (Å²) in [5.74, 6) is 0.214. The van der Waals surface area contributed by atoms with E-state index in [9.17, 15) is 4.79 Å². The van der Waals surface area contributed by atoms with Crippen LogP contribution in [0.15, 0.2) is 24.5 Å². The molecule has 1 heterocycles. The van der Waals surface area contributed by atoms with E-state index in [-0.39, 0.29) is 17.9 Å². The van der Waals surface area contributed by atoms with Gasteiger partial charge < -0.3 is 9.84 Å². The van der Waals surface area contributed by atoms with Crippen LogP contribution in [0.4, 0.5) is 0 Å². The zero-order valence-corrected chi connectivity index (χ0v) is 12.5. The summed E-state index contributed by atoms with van der Waals surface area (Å²) in [6.07, 6.45) is 1.46. The highest BCUT2D eigenvalue weighted by Gasteiger charge is 2.13. The van der Waals surface area contributed by atoms with Crippen molar-refractivity contribution in [2.75, 3.05) is 0 Å². The number of rotatable bonds is 6. The maximum Gasteiger partial charge on any atom is 0.339 e. The zero-order chi connectivity index (χ0) is 15.4. The summed E-state index contributed by atoms with van der Waals surface area (Å²) in [6.45, 7) is 5.00. The molecule has 0 saturated heterocycles. The van der Waals surface area contributed by atoms with Crippen LogP contribution in [-0.4, -0.2) is 25.8 Å². The molecule has 2 aromatic rings. The average molecular weight is 310 g/mol. The van der Waals surface area contributed by atoms with Crippen molar-refractivity contribution in [3.8, 4) is 5.75 Å². The third-order valence-electron chi connectivity index (χ3n) is 2.76. The van der Waals surface area contributed by atoms with E-state index in [2.05, 4.69) is 23.9 Å². The van der Waals surface area contributed by atoms with Gasteiger partial charge in [-0.05, 0) is 24.1 Å². The minimum Gasteiger partial charge on any atom is -0.485 e. The van der Waals surface area contributed by atoms with Gasteiger partial charge in [-0.2, -0.15) is 5.10 Å². The van der Waals surface area contributed by atoms with Gasteiger partial charge in [-0.3, -0.25) is 0 Å². The highest BCUT2D eigenvalue weighted by atomic mass is 35.5. The van der Waals surface area contributed by atoms with E-state index in [4.69, 9.17) is 21.4 Å². The Morgan fingerprint density at radius 3 is 2.90 bits per heavy atom. The molecule has 0 aliphatic rings. The first kappa shape index (κ1) is 15.3. The fourth-order valence-corrected chi connectivity index (χ4v) is 1.99. The predicted molar refractivity (Wildman–Crippen MR) is 77.6 cm³/mol. The van der Waals surface area contributed by atoms with Gasteiger partial charge in [-0.25, -0.2) is 14.5 Å². The molecule has 0 bridgehead atoms. The van der Waals surface area contributed by atoms with Crippen LogP contribution in [0.1, 0.15) is 30.0 Å². The van der Waals surface area contributed by atoms with Gasteiger partial charge >= 0.3 is 5.97 Å². The molecule has 112 valence electrons. The number of benzene rings is 1. The Labute approximate surface area is 127 Å². The molecule has 6 nitrogen and oxygen atoms in total. The number of halogens is 1. The van der Waals surface area contributed by atoms with Gasteiger partial charge in [0.05, 0.1) is 0 Å². The number of carboxylic acids is 1. The van der Waals surface area contributed by atoms with Crippen molar-refractivity contribution in [3.05, 3.63) is 40.9 Å². The Balaban J connectivity index is 2.15. The van der Waals surface area contributed by atoms with Crippen LogP contribution in [0, 0.1) is 5.92 Å². The van der Waals surface area contributed by atoms with Gasteiger partial charge in [-0.1, -0.05) is 25.4 Å². The van der Waals surface area contributed by atoms with Crippen molar-refractivity contribution in [1.82, 2.24) is 14.8 Å². The Hall–Kier alpha value is -2.08. The second kappa shape index (κ2) is 6.58. The highest BCUT2D eigenvalue weighted by Crippen LogP contribution is 2.24. The molecule has 0 radical (unpaired) electrons. The number of ether oxygens (including phenoxy) is 1. The van der Waals surface area contributed by atoms with Crippen molar-refractivity contribution in [1.29, 1.82) is 0 Å². The van der Waals surface area contributed by atoms with Crippen LogP contribution < -0.4 is 4.74 Å². The van der Waals surface area contributed by atoms with Crippen LogP contribution >= 0.6 is 11.6 Å². The first-order valence-electron chi connectivity index (χ1n) is 6.49. The molecule has 1 aromatic heterocycles. The number of carboxylic acid groups (broad SMARTS) is 1. The molecule has 0 saturated carbocycles. The smallest absolute Gasteiger partial charge is 0.339 e. The lowest BCUT2D eigenvalue weighted by Gasteiger charge is -2.11. The second-order valence-electron chi connectivity index (χ2n) is 4.99. The Kier molecular flexibility index (Phi) is 4.80. The summed E-state index contributed by atoms with van der Waals surface area (Å²) in [7, 11) is 0. The number of aromatic carboxylic acids is 1. The van der Waals surface area contributed by atoms with Crippen LogP contribution in [0.25, 0.3) is 0 Å². The molecule has 0 atom stereocenters. The minimum absolute atomic E-state index is 0.0642. The van der Waals surface area contributed by atoms with Gasteiger partial charge in [0.15, 0.2) is 5.82 Å². The third kappa shape index (κ3) is 3.95. The summed E-state index contributed by atoms with van der Waals surface area (Å²) >= 11 is 5.88. The number of carbonyl (C=O) groups is 1. The molecular weight excluding hydrogens is 294 g/mol. The second-order valence-corrected chi connectivity index (χ2v) is 5.42. The largest absolute Gasteiger partial charge is 0.485 e. The number of aromatic nitrogens is 3. The molecule has 2 rings (SSSR count). The van der Waals surface area contributed by atoms with E-state index >= 15 is 0 Å². The number of hydrogen-bond donors (Lipinski definition) is 1. The van der Waals surface area contributed by atoms with Gasteiger partial charge in [0.2, 0.25) is 0 Å². The lowest BCUT2D eigenvalue weighted by Crippen LogP contribution is -2.13. The van der Waals surface area contributed by atoms with E-state index in [0.717, 1.165) is 6.54 Å². The number of hydrogen-bond acceptors (Lipinski definition) is 4. The van der Waals surface area contributed by atoms with E-state index in [1.807, 2.05) is 0 Å². The average Bonchev–Trinajstić information content (AvgIpc) is 2.82. The highest BCUT2D eigenvalue weighted by molar-refractivity contribution is 6.30. The molecule has 0 unspecified atom stereocenters. The van der Waals surface area contributed by atoms with E-state index < -0.39 is 5.97 Å². The molecule has 7 heteroatoms. The van der Waals surface area contributed by atoms with Crippen LogP contribution in [0.3, 0.4) is 0 Å². The molecule has 1 aromatic carbocycles. The first-order chi connectivity index (χ1) is 9.97. The van der Waals surface area contributed by atoms with Gasteiger partial charge in [0.1, 0.15) is 24.2 Å². The standard InChI is InChI=1S/C14H16ClN3O3/c1-9(2)6-18-13(16-8-17-18)7-21-12-5-10(15)3-4-11(12)14(19)20/h3-5,8-9H,6-7H2,1-2H3,(H,19,20). The molecule has 0 amide bonds. The summed E-state index contributed by atoms with van der Waals surface area (Å²) in [4.78, 5) is 15.3. The van der Waals surface area contributed by atoms with Crippen molar-refractivity contribution in [2.24, 2.45) is 5.92 Å². The topological polar surface area (TPSA) is 77.2 Å². The van der Waals surface area contributed by atoms with E-state index in [1.165, 1.54) is 24.5 Å². The summed E-state index contributed by atoms with van der Waals surface area (Å²) in [5.41, 5.74) is 0.0642. The lowest BCUT2D eigenvalue weighted by atomic mass is 10.2. The Bertz CT molecular complexity index is 640. The van der Waals surface area contributed by atoms with Crippen molar-refractivity contribution in [3.63, 3.8) is 0 Å². The van der Waals surface area contributed by atoms with E-state index in [0.29, 0.717) is 16.8 Å². The van der Waals surface area contributed by atoms with Crippen molar-refractivity contribution in [2.45, 2.75) is 27.0 Å². The van der Waals surface area contributed by atoms with E-state index in [1.54, 1.807) is 4.68 Å². The minimum atomic E-state index is -1.06. The van der Waals surface area contributed by atoms with Crippen molar-refractivity contribution >= 4 is 17.6 Å². The predicted octanol–water partition coefficient (Wildman–Crippen LogP) is 2.86.